The van der Waals surface area contributed by atoms with Gasteiger partial charge in [-0.2, -0.15) is 0 Å². The molecule has 0 fully saturated rings. The molecule has 0 unspecified atom stereocenters. The van der Waals surface area contributed by atoms with E-state index in [4.69, 9.17) is 16.2 Å². The number of nitrogens with two attached hydrogens (primary N) is 2. The molecule has 0 bridgehead atoms. The molecule has 76 valence electrons. The van der Waals surface area contributed by atoms with Crippen molar-refractivity contribution in [2.75, 3.05) is 7.11 Å². The van der Waals surface area contributed by atoms with Crippen molar-refractivity contribution in [2.45, 2.75) is 13.8 Å². The van der Waals surface area contributed by atoms with Crippen molar-refractivity contribution in [2.24, 2.45) is 16.5 Å². The SMILES string of the molecule is COc1cc(C)c(C)cc1N=C(N)N. The number of aryl methyl sites for hydroxylation is 2. The average Bonchev–Trinajstić information content (AvgIpc) is 2.10. The van der Waals surface area contributed by atoms with E-state index in [1.165, 1.54) is 0 Å². The lowest BCUT2D eigenvalue weighted by Gasteiger charge is -2.08. The lowest BCUT2D eigenvalue weighted by atomic mass is 10.1. The normalized spacial score (nSPS) is 9.64. The molecule has 1 aromatic rings. The number of hydrogen-bond donors (Lipinski definition) is 2. The highest BCUT2D eigenvalue weighted by atomic mass is 16.5. The molecule has 14 heavy (non-hydrogen) atoms. The Morgan fingerprint density at radius 3 is 2.29 bits per heavy atom. The zero-order chi connectivity index (χ0) is 10.7. The first-order valence-corrected chi connectivity index (χ1v) is 4.29. The number of methoxy groups -OCH3 is 1. The predicted molar refractivity (Wildman–Crippen MR) is 57.9 cm³/mol. The second-order valence-electron chi connectivity index (χ2n) is 3.14. The van der Waals surface area contributed by atoms with E-state index >= 15 is 0 Å². The molecular formula is C10H15N3O. The molecule has 4 heteroatoms. The molecule has 0 aliphatic carbocycles. The van der Waals surface area contributed by atoms with Crippen LogP contribution in [0.4, 0.5) is 5.69 Å². The summed E-state index contributed by atoms with van der Waals surface area (Å²) >= 11 is 0. The van der Waals surface area contributed by atoms with E-state index in [2.05, 4.69) is 4.99 Å². The average molecular weight is 193 g/mol. The Labute approximate surface area is 83.6 Å². The summed E-state index contributed by atoms with van der Waals surface area (Å²) in [5, 5.41) is 0. The standard InChI is InChI=1S/C10H15N3O/c1-6-4-8(13-10(11)12)9(14-3)5-7(6)2/h4-5H,1-3H3,(H4,11,12,13). The van der Waals surface area contributed by atoms with Crippen LogP contribution in [0.15, 0.2) is 17.1 Å². The fourth-order valence-electron chi connectivity index (χ4n) is 1.16. The number of ether oxygens (including phenoxy) is 1. The molecule has 0 aliphatic heterocycles. The molecule has 4 N–H and O–H groups in total. The van der Waals surface area contributed by atoms with Crippen LogP contribution in [0.25, 0.3) is 0 Å². The molecule has 0 saturated carbocycles. The third-order valence-electron chi connectivity index (χ3n) is 2.04. The highest BCUT2D eigenvalue weighted by Gasteiger charge is 2.04. The van der Waals surface area contributed by atoms with E-state index in [-0.39, 0.29) is 5.96 Å². The van der Waals surface area contributed by atoms with Crippen molar-refractivity contribution in [3.05, 3.63) is 23.3 Å². The molecule has 0 heterocycles. The van der Waals surface area contributed by atoms with E-state index in [1.54, 1.807) is 7.11 Å². The lowest BCUT2D eigenvalue weighted by molar-refractivity contribution is 0.415. The van der Waals surface area contributed by atoms with Gasteiger partial charge in [0.1, 0.15) is 11.4 Å². The third kappa shape index (κ3) is 2.16. The van der Waals surface area contributed by atoms with Gasteiger partial charge in [-0.15, -0.1) is 0 Å². The number of hydrogen-bond acceptors (Lipinski definition) is 2. The molecule has 0 amide bonds. The van der Waals surface area contributed by atoms with Gasteiger partial charge in [0, 0.05) is 0 Å². The number of aliphatic imine (C=N–C) groups is 1. The van der Waals surface area contributed by atoms with Crippen molar-refractivity contribution >= 4 is 11.6 Å². The van der Waals surface area contributed by atoms with Gasteiger partial charge in [-0.1, -0.05) is 0 Å². The van der Waals surface area contributed by atoms with Gasteiger partial charge in [0.25, 0.3) is 0 Å². The molecule has 1 aromatic carbocycles. The molecule has 0 saturated heterocycles. The Morgan fingerprint density at radius 2 is 1.79 bits per heavy atom. The van der Waals surface area contributed by atoms with Crippen LogP contribution in [0.1, 0.15) is 11.1 Å². The monoisotopic (exact) mass is 193 g/mol. The number of nitrogens with zero attached hydrogens (tertiary/aromatic N) is 1. The van der Waals surface area contributed by atoms with E-state index in [0.29, 0.717) is 11.4 Å². The van der Waals surface area contributed by atoms with Crippen LogP contribution in [-0.2, 0) is 0 Å². The molecule has 0 atom stereocenters. The van der Waals surface area contributed by atoms with Crippen LogP contribution in [-0.4, -0.2) is 13.1 Å². The summed E-state index contributed by atoms with van der Waals surface area (Å²) in [7, 11) is 1.59. The fraction of sp³-hybridized carbons (Fsp3) is 0.300. The van der Waals surface area contributed by atoms with Crippen LogP contribution in [0.2, 0.25) is 0 Å². The largest absolute Gasteiger partial charge is 0.494 e. The van der Waals surface area contributed by atoms with Gasteiger partial charge >= 0.3 is 0 Å². The van der Waals surface area contributed by atoms with Crippen LogP contribution in [0.5, 0.6) is 5.75 Å². The maximum atomic E-state index is 5.31. The Bertz CT molecular complexity index is 368. The fourth-order valence-corrected chi connectivity index (χ4v) is 1.16. The third-order valence-corrected chi connectivity index (χ3v) is 2.04. The van der Waals surface area contributed by atoms with Crippen LogP contribution >= 0.6 is 0 Å². The Morgan fingerprint density at radius 1 is 1.21 bits per heavy atom. The Balaban J connectivity index is 3.27. The Hall–Kier alpha value is -1.71. The van der Waals surface area contributed by atoms with Gasteiger partial charge in [-0.05, 0) is 37.1 Å². The summed E-state index contributed by atoms with van der Waals surface area (Å²) < 4.78 is 5.16. The molecule has 4 nitrogen and oxygen atoms in total. The Kier molecular flexibility index (Phi) is 2.96. The van der Waals surface area contributed by atoms with Gasteiger partial charge in [0.05, 0.1) is 7.11 Å². The van der Waals surface area contributed by atoms with E-state index in [1.807, 2.05) is 26.0 Å². The maximum absolute atomic E-state index is 5.31. The summed E-state index contributed by atoms with van der Waals surface area (Å²) in [4.78, 5) is 3.98. The molecule has 0 aliphatic rings. The van der Waals surface area contributed by atoms with Crippen molar-refractivity contribution in [1.29, 1.82) is 0 Å². The first-order chi connectivity index (χ1) is 6.54. The van der Waals surface area contributed by atoms with Crippen LogP contribution in [0.3, 0.4) is 0 Å². The smallest absolute Gasteiger partial charge is 0.191 e. The van der Waals surface area contributed by atoms with Crippen LogP contribution in [0, 0.1) is 13.8 Å². The molecular weight excluding hydrogens is 178 g/mol. The van der Waals surface area contributed by atoms with Crippen LogP contribution < -0.4 is 16.2 Å². The van der Waals surface area contributed by atoms with E-state index in [9.17, 15) is 0 Å². The van der Waals surface area contributed by atoms with Crippen molar-refractivity contribution in [1.82, 2.24) is 0 Å². The minimum atomic E-state index is 0.0338. The van der Waals surface area contributed by atoms with Gasteiger partial charge in [-0.25, -0.2) is 4.99 Å². The van der Waals surface area contributed by atoms with Gasteiger partial charge in [0.2, 0.25) is 0 Å². The second kappa shape index (κ2) is 4.00. The lowest BCUT2D eigenvalue weighted by Crippen LogP contribution is -2.22. The van der Waals surface area contributed by atoms with E-state index < -0.39 is 0 Å². The molecule has 0 radical (unpaired) electrons. The van der Waals surface area contributed by atoms with Gasteiger partial charge in [0.15, 0.2) is 5.96 Å². The van der Waals surface area contributed by atoms with Gasteiger partial charge < -0.3 is 16.2 Å². The quantitative estimate of drug-likeness (QED) is 0.547. The second-order valence-corrected chi connectivity index (χ2v) is 3.14. The zero-order valence-corrected chi connectivity index (χ0v) is 8.66. The molecule has 1 rings (SSSR count). The zero-order valence-electron chi connectivity index (χ0n) is 8.66. The number of benzene rings is 1. The van der Waals surface area contributed by atoms with Gasteiger partial charge in [-0.3, -0.25) is 0 Å². The van der Waals surface area contributed by atoms with Crippen molar-refractivity contribution in [3.63, 3.8) is 0 Å². The highest BCUT2D eigenvalue weighted by molar-refractivity contribution is 5.80. The summed E-state index contributed by atoms with van der Waals surface area (Å²) in [6.45, 7) is 4.01. The highest BCUT2D eigenvalue weighted by Crippen LogP contribution is 2.30. The summed E-state index contributed by atoms with van der Waals surface area (Å²) in [5.41, 5.74) is 13.6. The van der Waals surface area contributed by atoms with Crippen molar-refractivity contribution in [3.8, 4) is 5.75 Å². The van der Waals surface area contributed by atoms with E-state index in [0.717, 1.165) is 11.1 Å². The van der Waals surface area contributed by atoms with Crippen molar-refractivity contribution < 1.29 is 4.74 Å². The molecule has 0 spiro atoms. The summed E-state index contributed by atoms with van der Waals surface area (Å²) in [6, 6.07) is 3.81. The minimum Gasteiger partial charge on any atom is -0.494 e. The maximum Gasteiger partial charge on any atom is 0.191 e. The summed E-state index contributed by atoms with van der Waals surface area (Å²) in [5.74, 6) is 0.716. The topological polar surface area (TPSA) is 73.6 Å². The first-order valence-electron chi connectivity index (χ1n) is 4.29. The molecule has 0 aromatic heterocycles. The number of rotatable bonds is 2. The predicted octanol–water partition coefficient (Wildman–Crippen LogP) is 1.22. The first kappa shape index (κ1) is 10.4. The summed E-state index contributed by atoms with van der Waals surface area (Å²) in [6.07, 6.45) is 0. The number of guanidine groups is 1. The minimum absolute atomic E-state index is 0.0338.